The summed E-state index contributed by atoms with van der Waals surface area (Å²) in [5.74, 6) is 4.28. The zero-order chi connectivity index (χ0) is 37.6. The number of benzene rings is 4. The fourth-order valence-corrected chi connectivity index (χ4v) is 6.73. The predicted molar refractivity (Wildman–Crippen MR) is 208 cm³/mol. The minimum atomic E-state index is 0.137. The molecule has 0 radical (unpaired) electrons. The van der Waals surface area contributed by atoms with E-state index in [4.69, 9.17) is 18.9 Å². The van der Waals surface area contributed by atoms with Crippen LogP contribution in [0.4, 0.5) is 0 Å². The van der Waals surface area contributed by atoms with Gasteiger partial charge in [-0.2, -0.15) is 0 Å². The summed E-state index contributed by atoms with van der Waals surface area (Å²) >= 11 is 0. The van der Waals surface area contributed by atoms with Crippen LogP contribution in [-0.4, -0.2) is 75.3 Å². The van der Waals surface area contributed by atoms with E-state index in [1.807, 2.05) is 48.5 Å². The lowest BCUT2D eigenvalue weighted by atomic mass is 9.80. The van der Waals surface area contributed by atoms with Crippen molar-refractivity contribution in [3.8, 4) is 23.0 Å². The van der Waals surface area contributed by atoms with Crippen molar-refractivity contribution >= 4 is 0 Å². The van der Waals surface area contributed by atoms with Gasteiger partial charge in [-0.25, -0.2) is 0 Å². The van der Waals surface area contributed by atoms with E-state index in [2.05, 4.69) is 48.5 Å². The van der Waals surface area contributed by atoms with Crippen LogP contribution in [0.5, 0.6) is 23.0 Å². The summed E-state index contributed by atoms with van der Waals surface area (Å²) in [6, 6.07) is 32.2. The molecule has 8 heteroatoms. The molecule has 4 N–H and O–H groups in total. The lowest BCUT2D eigenvalue weighted by Gasteiger charge is -2.26. The van der Waals surface area contributed by atoms with Gasteiger partial charge in [0, 0.05) is 26.4 Å². The summed E-state index contributed by atoms with van der Waals surface area (Å²) in [6.07, 6.45) is 6.67. The van der Waals surface area contributed by atoms with Crippen molar-refractivity contribution in [3.63, 3.8) is 0 Å². The van der Waals surface area contributed by atoms with Gasteiger partial charge in [-0.15, -0.1) is 0 Å². The van der Waals surface area contributed by atoms with Gasteiger partial charge in [0.05, 0.1) is 28.4 Å². The van der Waals surface area contributed by atoms with E-state index in [9.17, 15) is 20.4 Å². The Labute approximate surface area is 311 Å². The van der Waals surface area contributed by atoms with Crippen LogP contribution < -0.4 is 18.9 Å². The number of aliphatic hydroxyl groups excluding tert-OH is 4. The van der Waals surface area contributed by atoms with E-state index in [1.54, 1.807) is 28.4 Å². The third-order valence-electron chi connectivity index (χ3n) is 9.90. The van der Waals surface area contributed by atoms with Crippen LogP contribution in [0.15, 0.2) is 97.1 Å². The molecule has 0 amide bonds. The zero-order valence-electron chi connectivity index (χ0n) is 31.5. The molecule has 284 valence electrons. The average Bonchev–Trinajstić information content (AvgIpc) is 3.20. The van der Waals surface area contributed by atoms with Crippen LogP contribution in [0.1, 0.15) is 47.9 Å². The summed E-state index contributed by atoms with van der Waals surface area (Å²) in [5.41, 5.74) is 4.83. The highest BCUT2D eigenvalue weighted by Crippen LogP contribution is 2.29. The first-order valence-corrected chi connectivity index (χ1v) is 18.3. The molecule has 0 aliphatic rings. The molecule has 0 fully saturated rings. The topological polar surface area (TPSA) is 118 Å². The van der Waals surface area contributed by atoms with Crippen molar-refractivity contribution in [2.75, 3.05) is 54.9 Å². The number of hydrogen-bond donors (Lipinski definition) is 4. The van der Waals surface area contributed by atoms with E-state index in [-0.39, 0.29) is 38.3 Å². The maximum absolute atomic E-state index is 10.0. The molecule has 8 nitrogen and oxygen atoms in total. The van der Waals surface area contributed by atoms with Crippen LogP contribution in [0, 0.1) is 23.7 Å². The second-order valence-corrected chi connectivity index (χ2v) is 13.3. The summed E-state index contributed by atoms with van der Waals surface area (Å²) < 4.78 is 20.9. The second kappa shape index (κ2) is 24.2. The summed E-state index contributed by atoms with van der Waals surface area (Å²) in [5, 5.41) is 38.5. The average molecular weight is 717 g/mol. The van der Waals surface area contributed by atoms with Gasteiger partial charge in [-0.1, -0.05) is 48.5 Å². The molecular weight excluding hydrogens is 656 g/mol. The molecule has 0 heterocycles. The molecule has 0 saturated heterocycles. The number of methoxy groups -OCH3 is 4. The summed E-state index contributed by atoms with van der Waals surface area (Å²) in [6.45, 7) is 0.635. The van der Waals surface area contributed by atoms with Gasteiger partial charge in [0.1, 0.15) is 23.0 Å². The molecule has 0 aromatic heterocycles. The van der Waals surface area contributed by atoms with Crippen LogP contribution >= 0.6 is 0 Å². The van der Waals surface area contributed by atoms with Gasteiger partial charge in [0.15, 0.2) is 0 Å². The van der Waals surface area contributed by atoms with Gasteiger partial charge in [0.2, 0.25) is 0 Å². The lowest BCUT2D eigenvalue weighted by Crippen LogP contribution is -2.23. The fraction of sp³-hybridized carbons (Fsp3) is 0.455. The Kier molecular flexibility index (Phi) is 19.7. The first kappa shape index (κ1) is 42.3. The smallest absolute Gasteiger partial charge is 0.118 e. The van der Waals surface area contributed by atoms with Gasteiger partial charge in [-0.3, -0.25) is 0 Å². The van der Waals surface area contributed by atoms with E-state index in [1.165, 1.54) is 22.3 Å². The monoisotopic (exact) mass is 716 g/mol. The van der Waals surface area contributed by atoms with Crippen molar-refractivity contribution in [2.24, 2.45) is 23.7 Å². The predicted octanol–water partition coefficient (Wildman–Crippen LogP) is 6.97. The quantitative estimate of drug-likeness (QED) is 0.0689. The Balaban J connectivity index is 0.000000280. The highest BCUT2D eigenvalue weighted by Gasteiger charge is 2.23. The number of ether oxygens (including phenoxy) is 4. The van der Waals surface area contributed by atoms with Crippen molar-refractivity contribution in [1.29, 1.82) is 0 Å². The summed E-state index contributed by atoms with van der Waals surface area (Å²) in [7, 11) is 6.64. The van der Waals surface area contributed by atoms with Crippen molar-refractivity contribution in [2.45, 2.75) is 51.4 Å². The van der Waals surface area contributed by atoms with Crippen LogP contribution in [0.3, 0.4) is 0 Å². The van der Waals surface area contributed by atoms with Crippen LogP contribution in [0.25, 0.3) is 0 Å². The molecule has 52 heavy (non-hydrogen) atoms. The summed E-state index contributed by atoms with van der Waals surface area (Å²) in [4.78, 5) is 0. The molecule has 0 aliphatic carbocycles. The Morgan fingerprint density at radius 2 is 0.596 bits per heavy atom. The van der Waals surface area contributed by atoms with E-state index < -0.39 is 0 Å². The first-order chi connectivity index (χ1) is 25.4. The van der Waals surface area contributed by atoms with E-state index >= 15 is 0 Å². The van der Waals surface area contributed by atoms with Crippen molar-refractivity contribution in [1.82, 2.24) is 0 Å². The molecule has 0 saturated carbocycles. The van der Waals surface area contributed by atoms with Gasteiger partial charge < -0.3 is 39.4 Å². The molecule has 4 aromatic carbocycles. The molecular formula is C44H60O8. The zero-order valence-corrected chi connectivity index (χ0v) is 31.5. The van der Waals surface area contributed by atoms with E-state index in [0.29, 0.717) is 11.8 Å². The fourth-order valence-electron chi connectivity index (χ4n) is 6.73. The van der Waals surface area contributed by atoms with Gasteiger partial charge in [0.25, 0.3) is 0 Å². The van der Waals surface area contributed by atoms with Crippen molar-refractivity contribution in [3.05, 3.63) is 119 Å². The third-order valence-corrected chi connectivity index (χ3v) is 9.90. The van der Waals surface area contributed by atoms with Crippen LogP contribution in [-0.2, 0) is 25.7 Å². The molecule has 0 bridgehead atoms. The maximum atomic E-state index is 10.0. The largest absolute Gasteiger partial charge is 0.497 e. The third kappa shape index (κ3) is 14.5. The molecule has 0 unspecified atom stereocenters. The first-order valence-electron chi connectivity index (χ1n) is 18.3. The minimum absolute atomic E-state index is 0.137. The number of aliphatic hydroxyl groups is 4. The Morgan fingerprint density at radius 1 is 0.365 bits per heavy atom. The molecule has 4 atom stereocenters. The highest BCUT2D eigenvalue weighted by molar-refractivity contribution is 5.30. The minimum Gasteiger partial charge on any atom is -0.497 e. The Hall–Kier alpha value is -4.08. The van der Waals surface area contributed by atoms with Gasteiger partial charge >= 0.3 is 0 Å². The standard InChI is InChI=1S/2C22H30O4/c2*1-25-21-9-5-17(6-10-21)14-19(4-3-13-23)20(16-24)15-18-7-11-22(26-2)12-8-18/h2*5-12,19-20,23-24H,3-4,13-16H2,1-2H3/t2*19-,20+/m10/s1. The molecule has 0 aliphatic heterocycles. The van der Waals surface area contributed by atoms with E-state index in [0.717, 1.165) is 74.4 Å². The second-order valence-electron chi connectivity index (χ2n) is 13.3. The number of hydrogen-bond acceptors (Lipinski definition) is 8. The number of rotatable bonds is 22. The lowest BCUT2D eigenvalue weighted by molar-refractivity contribution is 0.158. The SMILES string of the molecule is COc1ccc(C[C@@H](CO)[C@H](CCCO)Cc2ccc(OC)cc2)cc1.COc1ccc(C[C@H](CO)[C@@H](CCCO)Cc2ccc(OC)cc2)cc1. The highest BCUT2D eigenvalue weighted by atomic mass is 16.5. The molecule has 0 spiro atoms. The van der Waals surface area contributed by atoms with Gasteiger partial charge in [-0.05, 0) is 146 Å². The Bertz CT molecular complexity index is 1360. The molecule has 4 aromatic rings. The van der Waals surface area contributed by atoms with Crippen LogP contribution in [0.2, 0.25) is 0 Å². The molecule has 4 rings (SSSR count). The normalized spacial score (nSPS) is 13.2. The van der Waals surface area contributed by atoms with Crippen molar-refractivity contribution < 1.29 is 39.4 Å². The maximum Gasteiger partial charge on any atom is 0.118 e. The Morgan fingerprint density at radius 3 is 0.788 bits per heavy atom.